The molecule has 0 spiro atoms. The Morgan fingerprint density at radius 2 is 1.88 bits per heavy atom. The van der Waals surface area contributed by atoms with Crippen LogP contribution in [0.5, 0.6) is 17.2 Å². The lowest BCUT2D eigenvalue weighted by atomic mass is 9.98. The van der Waals surface area contributed by atoms with E-state index in [9.17, 15) is 14.9 Å². The Bertz CT molecular complexity index is 1230. The van der Waals surface area contributed by atoms with Gasteiger partial charge < -0.3 is 20.1 Å². The van der Waals surface area contributed by atoms with Gasteiger partial charge in [0, 0.05) is 30.1 Å². The molecule has 32 heavy (non-hydrogen) atoms. The molecule has 0 aliphatic carbocycles. The Morgan fingerprint density at radius 1 is 1.06 bits per heavy atom. The van der Waals surface area contributed by atoms with Crippen LogP contribution in [0.25, 0.3) is 0 Å². The third kappa shape index (κ3) is 4.12. The van der Waals surface area contributed by atoms with Crippen molar-refractivity contribution in [3.05, 3.63) is 83.4 Å². The summed E-state index contributed by atoms with van der Waals surface area (Å²) in [4.78, 5) is 25.9. The summed E-state index contributed by atoms with van der Waals surface area (Å²) in [6.45, 7) is 0.460. The number of carbonyl (C=O) groups is 2. The van der Waals surface area contributed by atoms with Gasteiger partial charge in [-0.05, 0) is 48.0 Å². The van der Waals surface area contributed by atoms with E-state index in [4.69, 9.17) is 15.2 Å². The summed E-state index contributed by atoms with van der Waals surface area (Å²) in [7, 11) is 1.55. The number of anilines is 1. The van der Waals surface area contributed by atoms with E-state index in [-0.39, 0.29) is 11.8 Å². The van der Waals surface area contributed by atoms with Crippen molar-refractivity contribution in [2.75, 3.05) is 18.6 Å². The molecule has 3 aromatic rings. The van der Waals surface area contributed by atoms with Crippen molar-refractivity contribution in [1.29, 1.82) is 5.26 Å². The van der Waals surface area contributed by atoms with Crippen LogP contribution in [0.3, 0.4) is 0 Å². The van der Waals surface area contributed by atoms with Crippen molar-refractivity contribution < 1.29 is 19.1 Å². The number of para-hydroxylation sites is 1. The monoisotopic (exact) mass is 427 g/mol. The van der Waals surface area contributed by atoms with E-state index < -0.39 is 5.91 Å². The first-order chi connectivity index (χ1) is 15.5. The minimum atomic E-state index is -0.537. The van der Waals surface area contributed by atoms with Crippen LogP contribution in [-0.4, -0.2) is 25.5 Å². The largest absolute Gasteiger partial charge is 0.493 e. The van der Waals surface area contributed by atoms with Crippen LogP contribution in [0.2, 0.25) is 0 Å². The van der Waals surface area contributed by atoms with E-state index in [0.29, 0.717) is 47.0 Å². The summed E-state index contributed by atoms with van der Waals surface area (Å²) in [5.74, 6) is 0.776. The molecule has 1 heterocycles. The van der Waals surface area contributed by atoms with Crippen LogP contribution < -0.4 is 20.1 Å². The summed E-state index contributed by atoms with van der Waals surface area (Å²) in [5.41, 5.74) is 7.70. The standard InChI is InChI=1S/C25H21N3O4/c1-31-22-10-9-16(12-23(22)32-21-8-3-2-5-18(21)14-26)19-13-24(29)28(15-19)20-7-4-6-17(11-20)25(27)30/h2-12,19H,13,15H2,1H3,(H2,27,30). The van der Waals surface area contributed by atoms with E-state index in [2.05, 4.69) is 6.07 Å². The molecule has 1 unspecified atom stereocenters. The highest BCUT2D eigenvalue weighted by molar-refractivity contribution is 5.99. The highest BCUT2D eigenvalue weighted by Gasteiger charge is 2.32. The predicted octanol–water partition coefficient (Wildman–Crippen LogP) is 3.98. The van der Waals surface area contributed by atoms with Crippen molar-refractivity contribution >= 4 is 17.5 Å². The molecule has 1 aliphatic rings. The molecule has 4 rings (SSSR count). The molecule has 0 aromatic heterocycles. The summed E-state index contributed by atoms with van der Waals surface area (Å²) >= 11 is 0. The average molecular weight is 427 g/mol. The number of methoxy groups -OCH3 is 1. The zero-order valence-corrected chi connectivity index (χ0v) is 17.4. The van der Waals surface area contributed by atoms with Crippen LogP contribution in [0.1, 0.15) is 33.8 Å². The van der Waals surface area contributed by atoms with E-state index >= 15 is 0 Å². The molecule has 0 radical (unpaired) electrons. The molecule has 1 saturated heterocycles. The minimum Gasteiger partial charge on any atom is -0.493 e. The van der Waals surface area contributed by atoms with Crippen molar-refractivity contribution in [1.82, 2.24) is 0 Å². The Labute approximate surface area is 185 Å². The second-order valence-corrected chi connectivity index (χ2v) is 7.44. The Hall–Kier alpha value is -4.31. The third-order valence-corrected chi connectivity index (χ3v) is 5.45. The topological polar surface area (TPSA) is 106 Å². The van der Waals surface area contributed by atoms with Gasteiger partial charge in [-0.1, -0.05) is 24.3 Å². The Morgan fingerprint density at radius 3 is 2.62 bits per heavy atom. The number of rotatable bonds is 6. The van der Waals surface area contributed by atoms with Gasteiger partial charge in [-0.15, -0.1) is 0 Å². The number of hydrogen-bond acceptors (Lipinski definition) is 5. The number of hydrogen-bond donors (Lipinski definition) is 1. The normalized spacial score (nSPS) is 15.3. The van der Waals surface area contributed by atoms with Crippen molar-refractivity contribution in [3.8, 4) is 23.3 Å². The Kier molecular flexibility index (Phi) is 5.77. The van der Waals surface area contributed by atoms with Crippen LogP contribution in [0.15, 0.2) is 66.7 Å². The van der Waals surface area contributed by atoms with Crippen LogP contribution in [0.4, 0.5) is 5.69 Å². The van der Waals surface area contributed by atoms with Crippen LogP contribution in [0, 0.1) is 11.3 Å². The molecule has 7 nitrogen and oxygen atoms in total. The molecule has 0 bridgehead atoms. The highest BCUT2D eigenvalue weighted by Crippen LogP contribution is 2.38. The lowest BCUT2D eigenvalue weighted by Gasteiger charge is -2.18. The van der Waals surface area contributed by atoms with E-state index in [1.165, 1.54) is 0 Å². The second kappa shape index (κ2) is 8.82. The summed E-state index contributed by atoms with van der Waals surface area (Å²) in [6, 6.07) is 21.4. The highest BCUT2D eigenvalue weighted by atomic mass is 16.5. The van der Waals surface area contributed by atoms with Crippen molar-refractivity contribution in [3.63, 3.8) is 0 Å². The maximum atomic E-state index is 12.7. The molecule has 3 aromatic carbocycles. The van der Waals surface area contributed by atoms with E-state index in [1.807, 2.05) is 12.1 Å². The first-order valence-electron chi connectivity index (χ1n) is 10.1. The van der Waals surface area contributed by atoms with Gasteiger partial charge in [0.05, 0.1) is 12.7 Å². The number of nitrogens with zero attached hydrogens (tertiary/aromatic N) is 2. The fraction of sp³-hybridized carbons (Fsp3) is 0.160. The zero-order valence-electron chi connectivity index (χ0n) is 17.4. The number of ether oxygens (including phenoxy) is 2. The van der Waals surface area contributed by atoms with Crippen LogP contribution >= 0.6 is 0 Å². The van der Waals surface area contributed by atoms with Gasteiger partial charge in [-0.25, -0.2) is 0 Å². The van der Waals surface area contributed by atoms with Gasteiger partial charge in [0.15, 0.2) is 11.5 Å². The quantitative estimate of drug-likeness (QED) is 0.641. The fourth-order valence-electron chi connectivity index (χ4n) is 3.80. The summed E-state index contributed by atoms with van der Waals surface area (Å²) in [6.07, 6.45) is 0.321. The lowest BCUT2D eigenvalue weighted by Crippen LogP contribution is -2.24. The van der Waals surface area contributed by atoms with Crippen molar-refractivity contribution in [2.45, 2.75) is 12.3 Å². The zero-order chi connectivity index (χ0) is 22.7. The molecule has 1 aliphatic heterocycles. The maximum absolute atomic E-state index is 12.7. The van der Waals surface area contributed by atoms with Gasteiger partial charge in [0.25, 0.3) is 0 Å². The molecular formula is C25H21N3O4. The van der Waals surface area contributed by atoms with Crippen molar-refractivity contribution in [2.24, 2.45) is 5.73 Å². The minimum absolute atomic E-state index is 0.0373. The van der Waals surface area contributed by atoms with Gasteiger partial charge in [-0.3, -0.25) is 9.59 Å². The first kappa shape index (κ1) is 20.9. The molecule has 1 fully saturated rings. The lowest BCUT2D eigenvalue weighted by molar-refractivity contribution is -0.117. The predicted molar refractivity (Wildman–Crippen MR) is 119 cm³/mol. The van der Waals surface area contributed by atoms with Gasteiger partial charge in [0.1, 0.15) is 11.8 Å². The summed E-state index contributed by atoms with van der Waals surface area (Å²) in [5, 5.41) is 9.34. The third-order valence-electron chi connectivity index (χ3n) is 5.45. The molecule has 0 saturated carbocycles. The van der Waals surface area contributed by atoms with Crippen LogP contribution in [-0.2, 0) is 4.79 Å². The van der Waals surface area contributed by atoms with Gasteiger partial charge in [-0.2, -0.15) is 5.26 Å². The number of amides is 2. The SMILES string of the molecule is COc1ccc(C2CC(=O)N(c3cccc(C(N)=O)c3)C2)cc1Oc1ccccc1C#N. The number of nitriles is 1. The van der Waals surface area contributed by atoms with Gasteiger partial charge in [0.2, 0.25) is 11.8 Å². The molecule has 160 valence electrons. The summed E-state index contributed by atoms with van der Waals surface area (Å²) < 4.78 is 11.4. The molecule has 1 atom stereocenters. The van der Waals surface area contributed by atoms with Gasteiger partial charge >= 0.3 is 0 Å². The maximum Gasteiger partial charge on any atom is 0.248 e. The molecule has 7 heteroatoms. The fourth-order valence-corrected chi connectivity index (χ4v) is 3.80. The van der Waals surface area contributed by atoms with E-state index in [0.717, 1.165) is 5.56 Å². The molecular weight excluding hydrogens is 406 g/mol. The number of primary amides is 1. The number of benzene rings is 3. The van der Waals surface area contributed by atoms with E-state index in [1.54, 1.807) is 66.6 Å². The Balaban J connectivity index is 1.61. The number of carbonyl (C=O) groups excluding carboxylic acids is 2. The smallest absolute Gasteiger partial charge is 0.248 e. The molecule has 2 N–H and O–H groups in total. The average Bonchev–Trinajstić information content (AvgIpc) is 3.21. The molecule has 2 amide bonds. The first-order valence-corrected chi connectivity index (χ1v) is 10.1. The second-order valence-electron chi connectivity index (χ2n) is 7.44. The number of nitrogens with two attached hydrogens (primary N) is 1.